The van der Waals surface area contributed by atoms with E-state index in [-0.39, 0.29) is 5.54 Å². The second-order valence-corrected chi connectivity index (χ2v) is 8.88. The summed E-state index contributed by atoms with van der Waals surface area (Å²) in [6.45, 7) is 6.57. The number of methoxy groups -OCH3 is 1. The summed E-state index contributed by atoms with van der Waals surface area (Å²) in [6, 6.07) is 17.2. The lowest BCUT2D eigenvalue weighted by Crippen LogP contribution is -2.26. The van der Waals surface area contributed by atoms with E-state index in [0.717, 1.165) is 16.8 Å². The molecular weight excluding hydrogens is 358 g/mol. The van der Waals surface area contributed by atoms with Gasteiger partial charge >= 0.3 is 0 Å². The molecule has 0 saturated heterocycles. The zero-order valence-electron chi connectivity index (χ0n) is 17.9. The number of hydrogen-bond donors (Lipinski definition) is 1. The Kier molecular flexibility index (Phi) is 3.66. The van der Waals surface area contributed by atoms with Crippen molar-refractivity contribution in [1.82, 2.24) is 9.13 Å². The van der Waals surface area contributed by atoms with Crippen LogP contribution >= 0.6 is 0 Å². The van der Waals surface area contributed by atoms with Gasteiger partial charge in [0.25, 0.3) is 0 Å². The first kappa shape index (κ1) is 17.9. The molecular formula is C25H27N3O. The van der Waals surface area contributed by atoms with E-state index in [0.29, 0.717) is 0 Å². The average Bonchev–Trinajstić information content (AvgIpc) is 3.14. The number of para-hydroxylation sites is 2. The topological polar surface area (TPSA) is 31.1 Å². The van der Waals surface area contributed by atoms with Gasteiger partial charge in [0, 0.05) is 46.8 Å². The number of fused-ring (bicyclic) bond motifs is 7. The maximum atomic E-state index is 6.11. The summed E-state index contributed by atoms with van der Waals surface area (Å²) in [5, 5.41) is 8.60. The van der Waals surface area contributed by atoms with Crippen LogP contribution in [0.3, 0.4) is 0 Å². The predicted molar refractivity (Wildman–Crippen MR) is 124 cm³/mol. The van der Waals surface area contributed by atoms with E-state index in [9.17, 15) is 0 Å². The van der Waals surface area contributed by atoms with Crippen molar-refractivity contribution in [2.45, 2.75) is 26.3 Å². The smallest absolute Gasteiger partial charge is 0.152 e. The molecule has 3 aromatic carbocycles. The van der Waals surface area contributed by atoms with Crippen LogP contribution in [0.5, 0.6) is 5.75 Å². The number of anilines is 1. The molecule has 0 amide bonds. The summed E-state index contributed by atoms with van der Waals surface area (Å²) < 4.78 is 10.7. The van der Waals surface area contributed by atoms with Crippen LogP contribution in [-0.2, 0) is 14.1 Å². The summed E-state index contributed by atoms with van der Waals surface area (Å²) in [5.74, 6) is 0.913. The minimum absolute atomic E-state index is 0.102. The van der Waals surface area contributed by atoms with Gasteiger partial charge in [0.1, 0.15) is 0 Å². The largest absolute Gasteiger partial charge is 0.494 e. The fraction of sp³-hybridized carbons (Fsp3) is 0.280. The fourth-order valence-corrected chi connectivity index (χ4v) is 4.76. The molecule has 0 unspecified atom stereocenters. The van der Waals surface area contributed by atoms with Crippen molar-refractivity contribution < 1.29 is 4.74 Å². The van der Waals surface area contributed by atoms with Crippen molar-refractivity contribution in [3.63, 3.8) is 0 Å². The van der Waals surface area contributed by atoms with Gasteiger partial charge in [-0.25, -0.2) is 0 Å². The summed E-state index contributed by atoms with van der Waals surface area (Å²) >= 11 is 0. The molecule has 5 aromatic rings. The molecule has 0 aliphatic heterocycles. The highest BCUT2D eigenvalue weighted by atomic mass is 16.5. The van der Waals surface area contributed by atoms with Crippen LogP contribution in [0, 0.1) is 0 Å². The molecule has 0 spiro atoms. The zero-order chi connectivity index (χ0) is 20.5. The number of aryl methyl sites for hydroxylation is 2. The number of benzene rings is 3. The number of ether oxygens (including phenoxy) is 1. The third-order valence-corrected chi connectivity index (χ3v) is 5.85. The second-order valence-electron chi connectivity index (χ2n) is 8.88. The Morgan fingerprint density at radius 3 is 1.76 bits per heavy atom. The third kappa shape index (κ3) is 2.38. The molecule has 0 atom stereocenters. The van der Waals surface area contributed by atoms with E-state index in [1.54, 1.807) is 7.11 Å². The van der Waals surface area contributed by atoms with Gasteiger partial charge in [-0.3, -0.25) is 0 Å². The zero-order valence-corrected chi connectivity index (χ0v) is 17.9. The highest BCUT2D eigenvalue weighted by Gasteiger charge is 2.27. The minimum atomic E-state index is -0.102. The first-order valence-corrected chi connectivity index (χ1v) is 10.1. The van der Waals surface area contributed by atoms with Crippen LogP contribution in [-0.4, -0.2) is 21.8 Å². The van der Waals surface area contributed by atoms with Crippen molar-refractivity contribution in [2.75, 3.05) is 12.4 Å². The van der Waals surface area contributed by atoms with Gasteiger partial charge in [0.05, 0.1) is 29.2 Å². The molecule has 4 heteroatoms. The highest BCUT2D eigenvalue weighted by molar-refractivity contribution is 6.29. The number of aromatic nitrogens is 2. The molecule has 2 heterocycles. The monoisotopic (exact) mass is 385 g/mol. The molecule has 5 rings (SSSR count). The SMILES string of the molecule is COc1c(NC(C)(C)C)c2c3ccccc3n(C)c2c2c1c1ccccc1n2C. The Labute approximate surface area is 170 Å². The van der Waals surface area contributed by atoms with Gasteiger partial charge in [-0.1, -0.05) is 36.4 Å². The van der Waals surface area contributed by atoms with Crippen LogP contribution in [0.2, 0.25) is 0 Å². The minimum Gasteiger partial charge on any atom is -0.494 e. The Morgan fingerprint density at radius 2 is 1.24 bits per heavy atom. The highest BCUT2D eigenvalue weighted by Crippen LogP contribution is 2.49. The Bertz CT molecular complexity index is 1410. The third-order valence-electron chi connectivity index (χ3n) is 5.85. The number of rotatable bonds is 2. The van der Waals surface area contributed by atoms with Gasteiger partial charge in [-0.2, -0.15) is 0 Å². The standard InChI is InChI=1S/C25H27N3O/c1-25(2,3)26-21-19-15-11-7-9-13-17(15)27(4)22(19)23-20(24(21)29-6)16-12-8-10-14-18(16)28(23)5/h7-14,26H,1-6H3. The molecule has 0 aliphatic carbocycles. The lowest BCUT2D eigenvalue weighted by atomic mass is 10.0. The van der Waals surface area contributed by atoms with E-state index >= 15 is 0 Å². The summed E-state index contributed by atoms with van der Waals surface area (Å²) in [4.78, 5) is 0. The molecule has 0 aliphatic rings. The van der Waals surface area contributed by atoms with E-state index in [1.807, 2.05) is 0 Å². The van der Waals surface area contributed by atoms with Crippen LogP contribution in [0.25, 0.3) is 43.6 Å². The summed E-state index contributed by atoms with van der Waals surface area (Å²) in [6.07, 6.45) is 0. The summed E-state index contributed by atoms with van der Waals surface area (Å²) in [5.41, 5.74) is 5.83. The van der Waals surface area contributed by atoms with Crippen molar-refractivity contribution in [3.05, 3.63) is 48.5 Å². The van der Waals surface area contributed by atoms with E-state index in [2.05, 4.69) is 97.8 Å². The van der Waals surface area contributed by atoms with Crippen LogP contribution in [0.1, 0.15) is 20.8 Å². The predicted octanol–water partition coefficient (Wildman–Crippen LogP) is 6.20. The second kappa shape index (κ2) is 5.93. The molecule has 1 N–H and O–H groups in total. The first-order chi connectivity index (χ1) is 13.8. The van der Waals surface area contributed by atoms with Gasteiger partial charge < -0.3 is 19.2 Å². The van der Waals surface area contributed by atoms with Crippen molar-refractivity contribution >= 4 is 49.3 Å². The van der Waals surface area contributed by atoms with E-state index in [4.69, 9.17) is 4.74 Å². The normalized spacial score (nSPS) is 12.5. The van der Waals surface area contributed by atoms with Crippen LogP contribution < -0.4 is 10.1 Å². The molecule has 0 fully saturated rings. The molecule has 0 saturated carbocycles. The average molecular weight is 386 g/mol. The lowest BCUT2D eigenvalue weighted by molar-refractivity contribution is 0.420. The Balaban J connectivity index is 2.16. The van der Waals surface area contributed by atoms with Gasteiger partial charge in [-0.15, -0.1) is 0 Å². The van der Waals surface area contributed by atoms with E-state index in [1.165, 1.54) is 38.2 Å². The summed E-state index contributed by atoms with van der Waals surface area (Å²) in [7, 11) is 6.09. The Hall–Kier alpha value is -3.14. The molecule has 148 valence electrons. The van der Waals surface area contributed by atoms with E-state index < -0.39 is 0 Å². The van der Waals surface area contributed by atoms with Gasteiger partial charge in [0.15, 0.2) is 5.75 Å². The molecule has 29 heavy (non-hydrogen) atoms. The molecule has 4 nitrogen and oxygen atoms in total. The maximum Gasteiger partial charge on any atom is 0.152 e. The number of hydrogen-bond acceptors (Lipinski definition) is 2. The number of nitrogens with zero attached hydrogens (tertiary/aromatic N) is 2. The van der Waals surface area contributed by atoms with Crippen LogP contribution in [0.4, 0.5) is 5.69 Å². The van der Waals surface area contributed by atoms with Crippen molar-refractivity contribution in [3.8, 4) is 5.75 Å². The van der Waals surface area contributed by atoms with Crippen LogP contribution in [0.15, 0.2) is 48.5 Å². The number of nitrogens with one attached hydrogen (secondary N) is 1. The first-order valence-electron chi connectivity index (χ1n) is 10.1. The maximum absolute atomic E-state index is 6.11. The van der Waals surface area contributed by atoms with Crippen molar-refractivity contribution in [2.24, 2.45) is 14.1 Å². The fourth-order valence-electron chi connectivity index (χ4n) is 4.76. The van der Waals surface area contributed by atoms with Gasteiger partial charge in [-0.05, 0) is 32.9 Å². The van der Waals surface area contributed by atoms with Gasteiger partial charge in [0.2, 0.25) is 0 Å². The quantitative estimate of drug-likeness (QED) is 0.392. The van der Waals surface area contributed by atoms with Crippen molar-refractivity contribution in [1.29, 1.82) is 0 Å². The molecule has 0 radical (unpaired) electrons. The molecule has 0 bridgehead atoms. The Morgan fingerprint density at radius 1 is 0.759 bits per heavy atom. The molecule has 2 aromatic heterocycles. The lowest BCUT2D eigenvalue weighted by Gasteiger charge is -2.25.